The molecule has 2 N–H and O–H groups in total. The van der Waals surface area contributed by atoms with Crippen LogP contribution in [0.4, 0.5) is 0 Å². The molecule has 0 spiro atoms. The monoisotopic (exact) mass is 312 g/mol. The van der Waals surface area contributed by atoms with Crippen molar-refractivity contribution in [3.8, 4) is 0 Å². The summed E-state index contributed by atoms with van der Waals surface area (Å²) in [5, 5.41) is 3.46. The molecule has 0 aromatic rings. The van der Waals surface area contributed by atoms with Crippen LogP contribution in [0.25, 0.3) is 0 Å². The summed E-state index contributed by atoms with van der Waals surface area (Å²) in [4.78, 5) is 0. The molecule has 19 heavy (non-hydrogen) atoms. The summed E-state index contributed by atoms with van der Waals surface area (Å²) in [6.45, 7) is 3.27. The molecule has 1 fully saturated rings. The highest BCUT2D eigenvalue weighted by atomic mass is 35.5. The van der Waals surface area contributed by atoms with E-state index in [1.807, 2.05) is 6.92 Å². The smallest absolute Gasteiger partial charge is 0.211 e. The average molecular weight is 313 g/mol. The Kier molecular flexibility index (Phi) is 11.0. The average Bonchev–Trinajstić information content (AvgIpc) is 2.61. The van der Waals surface area contributed by atoms with Crippen LogP contribution in [0.5, 0.6) is 0 Å². The summed E-state index contributed by atoms with van der Waals surface area (Å²) >= 11 is 0. The van der Waals surface area contributed by atoms with E-state index in [1.54, 1.807) is 0 Å². The molecule has 0 amide bonds. The van der Waals surface area contributed by atoms with Gasteiger partial charge in [-0.1, -0.05) is 39.0 Å². The van der Waals surface area contributed by atoms with Crippen LogP contribution in [-0.2, 0) is 10.0 Å². The summed E-state index contributed by atoms with van der Waals surface area (Å²) in [7, 11) is -3.04. The lowest BCUT2D eigenvalue weighted by Gasteiger charge is -2.16. The van der Waals surface area contributed by atoms with Gasteiger partial charge in [-0.25, -0.2) is 13.1 Å². The normalized spacial score (nSPS) is 17.7. The molecule has 1 saturated carbocycles. The van der Waals surface area contributed by atoms with Crippen LogP contribution in [0, 0.1) is 0 Å². The second kappa shape index (κ2) is 10.9. The molecule has 0 saturated heterocycles. The number of unbranched alkanes of at least 4 members (excludes halogenated alkanes) is 1. The van der Waals surface area contributed by atoms with Gasteiger partial charge >= 0.3 is 0 Å². The first-order chi connectivity index (χ1) is 8.64. The molecule has 1 aliphatic carbocycles. The van der Waals surface area contributed by atoms with Gasteiger partial charge in [-0.15, -0.1) is 12.4 Å². The molecule has 1 rings (SSSR count). The first kappa shape index (κ1) is 19.2. The Morgan fingerprint density at radius 1 is 1.05 bits per heavy atom. The third-order valence-electron chi connectivity index (χ3n) is 3.50. The van der Waals surface area contributed by atoms with E-state index in [2.05, 4.69) is 10.0 Å². The second-order valence-electron chi connectivity index (χ2n) is 5.21. The van der Waals surface area contributed by atoms with E-state index >= 15 is 0 Å². The lowest BCUT2D eigenvalue weighted by atomic mass is 10.1. The van der Waals surface area contributed by atoms with Crippen LogP contribution >= 0.6 is 12.4 Å². The van der Waals surface area contributed by atoms with Crippen molar-refractivity contribution >= 4 is 22.4 Å². The standard InChI is InChI=1S/C13H28N2O2S.ClH/c1-2-3-12-18(16,17)15-11-10-14-13-8-6-4-5-7-9-13;/h13-15H,2-12H2,1H3;1H. The molecule has 6 heteroatoms. The highest BCUT2D eigenvalue weighted by molar-refractivity contribution is 7.89. The molecule has 4 nitrogen and oxygen atoms in total. The first-order valence-corrected chi connectivity index (χ1v) is 9.00. The predicted molar refractivity (Wildman–Crippen MR) is 83.4 cm³/mol. The van der Waals surface area contributed by atoms with Gasteiger partial charge in [-0.05, 0) is 19.3 Å². The SMILES string of the molecule is CCCCS(=O)(=O)NCCNC1CCCCCC1.Cl. The van der Waals surface area contributed by atoms with Gasteiger partial charge in [0.15, 0.2) is 0 Å². The Morgan fingerprint density at radius 2 is 1.68 bits per heavy atom. The number of nitrogens with one attached hydrogen (secondary N) is 2. The van der Waals surface area contributed by atoms with Gasteiger partial charge < -0.3 is 5.32 Å². The van der Waals surface area contributed by atoms with E-state index in [1.165, 1.54) is 38.5 Å². The predicted octanol–water partition coefficient (Wildman–Crippen LogP) is 2.44. The third kappa shape index (κ3) is 9.66. The zero-order valence-electron chi connectivity index (χ0n) is 12.0. The first-order valence-electron chi connectivity index (χ1n) is 7.35. The fourth-order valence-electron chi connectivity index (χ4n) is 2.37. The Balaban J connectivity index is 0.00000324. The molecule has 116 valence electrons. The molecule has 0 heterocycles. The van der Waals surface area contributed by atoms with Crippen molar-refractivity contribution < 1.29 is 8.42 Å². The Morgan fingerprint density at radius 3 is 2.26 bits per heavy atom. The third-order valence-corrected chi connectivity index (χ3v) is 4.97. The van der Waals surface area contributed by atoms with E-state index in [0.29, 0.717) is 12.6 Å². The molecule has 0 aliphatic heterocycles. The van der Waals surface area contributed by atoms with Crippen molar-refractivity contribution in [2.75, 3.05) is 18.8 Å². The minimum atomic E-state index is -3.04. The quantitative estimate of drug-likeness (QED) is 0.534. The fraction of sp³-hybridized carbons (Fsp3) is 1.00. The van der Waals surface area contributed by atoms with Gasteiger partial charge in [-0.3, -0.25) is 0 Å². The van der Waals surface area contributed by atoms with Crippen LogP contribution in [0.2, 0.25) is 0 Å². The molecular weight excluding hydrogens is 284 g/mol. The number of rotatable bonds is 8. The fourth-order valence-corrected chi connectivity index (χ4v) is 3.60. The maximum atomic E-state index is 11.6. The van der Waals surface area contributed by atoms with Gasteiger partial charge in [0, 0.05) is 19.1 Å². The van der Waals surface area contributed by atoms with Gasteiger partial charge in [0.05, 0.1) is 5.75 Å². The van der Waals surface area contributed by atoms with E-state index in [4.69, 9.17) is 0 Å². The molecule has 0 aromatic carbocycles. The van der Waals surface area contributed by atoms with E-state index in [-0.39, 0.29) is 18.2 Å². The molecule has 1 aliphatic rings. The summed E-state index contributed by atoms with van der Waals surface area (Å²) in [6.07, 6.45) is 9.45. The van der Waals surface area contributed by atoms with E-state index in [0.717, 1.165) is 19.4 Å². The minimum Gasteiger partial charge on any atom is -0.313 e. The van der Waals surface area contributed by atoms with Crippen LogP contribution in [0.1, 0.15) is 58.3 Å². The Bertz CT molecular complexity index is 302. The van der Waals surface area contributed by atoms with Crippen molar-refractivity contribution in [1.29, 1.82) is 0 Å². The highest BCUT2D eigenvalue weighted by Gasteiger charge is 2.12. The van der Waals surface area contributed by atoms with Gasteiger partial charge in [0.2, 0.25) is 10.0 Å². The van der Waals surface area contributed by atoms with Gasteiger partial charge in [0.1, 0.15) is 0 Å². The number of sulfonamides is 1. The van der Waals surface area contributed by atoms with Crippen LogP contribution < -0.4 is 10.0 Å². The lowest BCUT2D eigenvalue weighted by Crippen LogP contribution is -2.37. The zero-order valence-corrected chi connectivity index (χ0v) is 13.6. The summed E-state index contributed by atoms with van der Waals surface area (Å²) in [6, 6.07) is 0.590. The summed E-state index contributed by atoms with van der Waals surface area (Å²) < 4.78 is 25.8. The van der Waals surface area contributed by atoms with Gasteiger partial charge in [0.25, 0.3) is 0 Å². The van der Waals surface area contributed by atoms with Crippen LogP contribution in [0.3, 0.4) is 0 Å². The molecular formula is C13H29ClN2O2S. The molecule has 0 atom stereocenters. The van der Waals surface area contributed by atoms with Gasteiger partial charge in [-0.2, -0.15) is 0 Å². The Labute approximate surface area is 124 Å². The summed E-state index contributed by atoms with van der Waals surface area (Å²) in [5.74, 6) is 0.257. The van der Waals surface area contributed by atoms with Crippen molar-refractivity contribution in [3.05, 3.63) is 0 Å². The highest BCUT2D eigenvalue weighted by Crippen LogP contribution is 2.16. The van der Waals surface area contributed by atoms with Crippen molar-refractivity contribution in [3.63, 3.8) is 0 Å². The van der Waals surface area contributed by atoms with E-state index in [9.17, 15) is 8.42 Å². The lowest BCUT2D eigenvalue weighted by molar-refractivity contribution is 0.461. The maximum absolute atomic E-state index is 11.6. The van der Waals surface area contributed by atoms with E-state index < -0.39 is 10.0 Å². The molecule has 0 bridgehead atoms. The molecule has 0 radical (unpaired) electrons. The number of hydrogen-bond donors (Lipinski definition) is 2. The zero-order chi connectivity index (χ0) is 13.3. The van der Waals surface area contributed by atoms with Crippen LogP contribution in [0.15, 0.2) is 0 Å². The molecule has 0 unspecified atom stereocenters. The Hall–Kier alpha value is 0.160. The number of halogens is 1. The molecule has 0 aromatic heterocycles. The number of hydrogen-bond acceptors (Lipinski definition) is 3. The van der Waals surface area contributed by atoms with Crippen molar-refractivity contribution in [1.82, 2.24) is 10.0 Å². The van der Waals surface area contributed by atoms with Crippen molar-refractivity contribution in [2.24, 2.45) is 0 Å². The minimum absolute atomic E-state index is 0. The van der Waals surface area contributed by atoms with Crippen LogP contribution in [-0.4, -0.2) is 33.3 Å². The summed E-state index contributed by atoms with van der Waals surface area (Å²) in [5.41, 5.74) is 0. The largest absolute Gasteiger partial charge is 0.313 e. The topological polar surface area (TPSA) is 58.2 Å². The van der Waals surface area contributed by atoms with Crippen molar-refractivity contribution in [2.45, 2.75) is 64.3 Å². The second-order valence-corrected chi connectivity index (χ2v) is 7.14. The maximum Gasteiger partial charge on any atom is 0.211 e.